The predicted octanol–water partition coefficient (Wildman–Crippen LogP) is 0.880. The minimum Gasteiger partial charge on any atom is -0.473 e. The first-order valence-electron chi connectivity index (χ1n) is 7.71. The fourth-order valence-electron chi connectivity index (χ4n) is 2.96. The van der Waals surface area contributed by atoms with Gasteiger partial charge in [0.2, 0.25) is 15.9 Å². The summed E-state index contributed by atoms with van der Waals surface area (Å²) >= 11 is 0. The second-order valence-corrected chi connectivity index (χ2v) is 7.89. The quantitative estimate of drug-likeness (QED) is 0.817. The first-order valence-corrected chi connectivity index (χ1v) is 9.56. The van der Waals surface area contributed by atoms with Crippen LogP contribution >= 0.6 is 0 Å². The Morgan fingerprint density at radius 3 is 2.64 bits per heavy atom. The zero-order valence-electron chi connectivity index (χ0n) is 12.8. The van der Waals surface area contributed by atoms with Crippen LogP contribution in [0.5, 0.6) is 5.88 Å². The number of hydrogen-bond acceptors (Lipinski definition) is 6. The number of anilines is 1. The highest BCUT2D eigenvalue weighted by Gasteiger charge is 2.30. The normalized spacial score (nSPS) is 23.7. The van der Waals surface area contributed by atoms with Crippen LogP contribution in [0.1, 0.15) is 25.7 Å². The highest BCUT2D eigenvalue weighted by atomic mass is 32.2. The van der Waals surface area contributed by atoms with E-state index < -0.39 is 10.0 Å². The summed E-state index contributed by atoms with van der Waals surface area (Å²) in [4.78, 5) is 10.7. The molecule has 0 radical (unpaired) electrons. The van der Waals surface area contributed by atoms with Crippen LogP contribution in [-0.4, -0.2) is 61.2 Å². The highest BCUT2D eigenvalue weighted by molar-refractivity contribution is 7.88. The van der Waals surface area contributed by atoms with Gasteiger partial charge in [-0.15, -0.1) is 0 Å². The number of aromatic nitrogens is 2. The zero-order valence-corrected chi connectivity index (χ0v) is 13.6. The van der Waals surface area contributed by atoms with E-state index in [1.165, 1.54) is 36.2 Å². The van der Waals surface area contributed by atoms with E-state index in [9.17, 15) is 8.42 Å². The highest BCUT2D eigenvalue weighted by Crippen LogP contribution is 2.23. The monoisotopic (exact) mass is 326 g/mol. The molecule has 8 heteroatoms. The zero-order chi connectivity index (χ0) is 15.6. The molecule has 122 valence electrons. The van der Waals surface area contributed by atoms with Crippen LogP contribution < -0.4 is 9.64 Å². The Balaban J connectivity index is 1.63. The molecule has 7 nitrogen and oxygen atoms in total. The van der Waals surface area contributed by atoms with E-state index >= 15 is 0 Å². The van der Waals surface area contributed by atoms with Crippen molar-refractivity contribution in [2.75, 3.05) is 37.3 Å². The molecule has 0 saturated carbocycles. The van der Waals surface area contributed by atoms with Crippen molar-refractivity contribution in [1.29, 1.82) is 0 Å². The van der Waals surface area contributed by atoms with Crippen LogP contribution in [0.25, 0.3) is 0 Å². The van der Waals surface area contributed by atoms with Gasteiger partial charge in [-0.05, 0) is 25.7 Å². The van der Waals surface area contributed by atoms with Crippen LogP contribution in [-0.2, 0) is 10.0 Å². The van der Waals surface area contributed by atoms with Gasteiger partial charge < -0.3 is 9.64 Å². The third-order valence-electron chi connectivity index (χ3n) is 4.17. The number of rotatable bonds is 4. The maximum absolute atomic E-state index is 11.5. The molecule has 1 aromatic heterocycles. The van der Waals surface area contributed by atoms with Crippen molar-refractivity contribution >= 4 is 15.8 Å². The van der Waals surface area contributed by atoms with Crippen molar-refractivity contribution in [3.8, 4) is 5.88 Å². The summed E-state index contributed by atoms with van der Waals surface area (Å²) in [6.45, 7) is 2.93. The molecular formula is C14H22N4O3S. The minimum absolute atomic E-state index is 0.140. The molecular weight excluding hydrogens is 304 g/mol. The fraction of sp³-hybridized carbons (Fsp3) is 0.714. The van der Waals surface area contributed by atoms with Crippen LogP contribution in [0.2, 0.25) is 0 Å². The first-order chi connectivity index (χ1) is 10.5. The Morgan fingerprint density at radius 2 is 1.95 bits per heavy atom. The van der Waals surface area contributed by atoms with Gasteiger partial charge in [0.05, 0.1) is 12.8 Å². The molecule has 0 amide bonds. The second kappa shape index (κ2) is 6.37. The largest absolute Gasteiger partial charge is 0.473 e. The summed E-state index contributed by atoms with van der Waals surface area (Å²) in [6.07, 6.45) is 6.94. The maximum atomic E-state index is 11.5. The topological polar surface area (TPSA) is 75.6 Å². The van der Waals surface area contributed by atoms with E-state index in [4.69, 9.17) is 4.74 Å². The summed E-state index contributed by atoms with van der Waals surface area (Å²) in [5.74, 6) is 1.42. The molecule has 0 bridgehead atoms. The summed E-state index contributed by atoms with van der Waals surface area (Å²) in [5.41, 5.74) is 0. The Bertz CT molecular complexity index is 616. The summed E-state index contributed by atoms with van der Waals surface area (Å²) in [6, 6.07) is 1.86. The second-order valence-electron chi connectivity index (χ2n) is 5.91. The van der Waals surface area contributed by atoms with Crippen molar-refractivity contribution in [3.63, 3.8) is 0 Å². The molecule has 1 atom stereocenters. The Morgan fingerprint density at radius 1 is 1.18 bits per heavy atom. The molecule has 0 aliphatic carbocycles. The molecule has 3 rings (SSSR count). The van der Waals surface area contributed by atoms with Crippen molar-refractivity contribution in [2.24, 2.45) is 0 Å². The third-order valence-corrected chi connectivity index (χ3v) is 5.44. The van der Waals surface area contributed by atoms with E-state index in [1.807, 2.05) is 6.07 Å². The number of nitrogens with zero attached hydrogens (tertiary/aromatic N) is 4. The first kappa shape index (κ1) is 15.5. The average Bonchev–Trinajstić information content (AvgIpc) is 2.97. The van der Waals surface area contributed by atoms with E-state index in [-0.39, 0.29) is 6.10 Å². The lowest BCUT2D eigenvalue weighted by atomic mass is 10.1. The number of hydrogen-bond donors (Lipinski definition) is 0. The molecule has 2 fully saturated rings. The van der Waals surface area contributed by atoms with Crippen LogP contribution in [0.3, 0.4) is 0 Å². The summed E-state index contributed by atoms with van der Waals surface area (Å²) in [5, 5.41) is 0. The number of ether oxygens (including phenoxy) is 1. The molecule has 0 N–H and O–H groups in total. The SMILES string of the molecule is CS(=O)(=O)N1CCC(Oc2cc(N3CCCCC3)ncn2)C1. The average molecular weight is 326 g/mol. The van der Waals surface area contributed by atoms with Gasteiger partial charge in [0, 0.05) is 25.7 Å². The maximum Gasteiger partial charge on any atom is 0.218 e. The summed E-state index contributed by atoms with van der Waals surface area (Å²) in [7, 11) is -3.14. The molecule has 22 heavy (non-hydrogen) atoms. The van der Waals surface area contributed by atoms with Gasteiger partial charge in [0.1, 0.15) is 18.2 Å². The molecule has 2 saturated heterocycles. The molecule has 0 spiro atoms. The fourth-order valence-corrected chi connectivity index (χ4v) is 3.83. The van der Waals surface area contributed by atoms with Crippen molar-refractivity contribution < 1.29 is 13.2 Å². The van der Waals surface area contributed by atoms with E-state index in [2.05, 4.69) is 14.9 Å². The van der Waals surface area contributed by atoms with E-state index in [0.29, 0.717) is 25.4 Å². The van der Waals surface area contributed by atoms with Crippen molar-refractivity contribution in [1.82, 2.24) is 14.3 Å². The van der Waals surface area contributed by atoms with Crippen LogP contribution in [0.4, 0.5) is 5.82 Å². The van der Waals surface area contributed by atoms with Crippen LogP contribution in [0, 0.1) is 0 Å². The Labute approximate surface area is 131 Å². The Kier molecular flexibility index (Phi) is 4.49. The van der Waals surface area contributed by atoms with Gasteiger partial charge in [0.15, 0.2) is 0 Å². The van der Waals surface area contributed by atoms with Gasteiger partial charge in [-0.1, -0.05) is 0 Å². The molecule has 2 aliphatic heterocycles. The molecule has 3 heterocycles. The van der Waals surface area contributed by atoms with E-state index in [0.717, 1.165) is 18.9 Å². The number of sulfonamides is 1. The number of piperidine rings is 1. The van der Waals surface area contributed by atoms with Gasteiger partial charge >= 0.3 is 0 Å². The molecule has 1 aromatic rings. The lowest BCUT2D eigenvalue weighted by Gasteiger charge is -2.27. The molecule has 2 aliphatic rings. The predicted molar refractivity (Wildman–Crippen MR) is 83.5 cm³/mol. The van der Waals surface area contributed by atoms with Gasteiger partial charge in [-0.2, -0.15) is 4.31 Å². The van der Waals surface area contributed by atoms with Crippen molar-refractivity contribution in [2.45, 2.75) is 31.8 Å². The molecule has 0 aromatic carbocycles. The lowest BCUT2D eigenvalue weighted by molar-refractivity contribution is 0.206. The standard InChI is InChI=1S/C14H22N4O3S/c1-22(19,20)18-8-5-12(10-18)21-14-9-13(15-11-16-14)17-6-3-2-4-7-17/h9,11-12H,2-8,10H2,1H3. The third kappa shape index (κ3) is 3.67. The van der Waals surface area contributed by atoms with E-state index in [1.54, 1.807) is 0 Å². The molecule has 1 unspecified atom stereocenters. The van der Waals surface area contributed by atoms with Gasteiger partial charge in [0.25, 0.3) is 0 Å². The van der Waals surface area contributed by atoms with Crippen LogP contribution in [0.15, 0.2) is 12.4 Å². The smallest absolute Gasteiger partial charge is 0.218 e. The van der Waals surface area contributed by atoms with Crippen molar-refractivity contribution in [3.05, 3.63) is 12.4 Å². The Hall–Kier alpha value is -1.41. The summed E-state index contributed by atoms with van der Waals surface area (Å²) < 4.78 is 30.4. The lowest BCUT2D eigenvalue weighted by Crippen LogP contribution is -2.31. The minimum atomic E-state index is -3.14. The van der Waals surface area contributed by atoms with Gasteiger partial charge in [-0.25, -0.2) is 18.4 Å². The van der Waals surface area contributed by atoms with Gasteiger partial charge in [-0.3, -0.25) is 0 Å².